The van der Waals surface area contributed by atoms with Gasteiger partial charge in [0.15, 0.2) is 5.58 Å². The summed E-state index contributed by atoms with van der Waals surface area (Å²) < 4.78 is 5.17. The largest absolute Gasteiger partial charge is 0.463 e. The van der Waals surface area contributed by atoms with Crippen LogP contribution in [-0.2, 0) is 0 Å². The average molecular weight is 222 g/mol. The zero-order chi connectivity index (χ0) is 11.5. The molecule has 5 heteroatoms. The number of furan rings is 1. The number of aliphatic hydroxyl groups is 1. The van der Waals surface area contributed by atoms with E-state index in [0.29, 0.717) is 24.4 Å². The van der Waals surface area contributed by atoms with Crippen molar-refractivity contribution in [1.82, 2.24) is 9.88 Å². The summed E-state index contributed by atoms with van der Waals surface area (Å²) >= 11 is 0. The molecule has 0 radical (unpaired) electrons. The van der Waals surface area contributed by atoms with Gasteiger partial charge in [-0.2, -0.15) is 0 Å². The molecule has 2 N–H and O–H groups in total. The maximum Gasteiger partial charge on any atom is 0.270 e. The van der Waals surface area contributed by atoms with E-state index >= 15 is 0 Å². The predicted octanol–water partition coefficient (Wildman–Crippen LogP) is 1.22. The highest BCUT2D eigenvalue weighted by Gasteiger charge is 2.16. The van der Waals surface area contributed by atoms with E-state index in [2.05, 4.69) is 4.98 Å². The zero-order valence-corrected chi connectivity index (χ0v) is 9.06. The number of amides is 1. The van der Waals surface area contributed by atoms with Crippen LogP contribution in [0.3, 0.4) is 0 Å². The van der Waals surface area contributed by atoms with Crippen LogP contribution < -0.4 is 0 Å². The van der Waals surface area contributed by atoms with Gasteiger partial charge >= 0.3 is 0 Å². The van der Waals surface area contributed by atoms with Crippen molar-refractivity contribution >= 4 is 17.0 Å². The predicted molar refractivity (Wildman–Crippen MR) is 59.2 cm³/mol. The SMILES string of the molecule is CCN(CCO)C(=O)c1cc2occc2[nH]1. The lowest BCUT2D eigenvalue weighted by Crippen LogP contribution is -2.33. The van der Waals surface area contributed by atoms with E-state index < -0.39 is 0 Å². The van der Waals surface area contributed by atoms with Gasteiger partial charge in [0.25, 0.3) is 5.91 Å². The van der Waals surface area contributed by atoms with Crippen molar-refractivity contribution in [2.45, 2.75) is 6.92 Å². The fraction of sp³-hybridized carbons (Fsp3) is 0.364. The fourth-order valence-electron chi connectivity index (χ4n) is 1.66. The summed E-state index contributed by atoms with van der Waals surface area (Å²) in [6.07, 6.45) is 1.57. The van der Waals surface area contributed by atoms with Gasteiger partial charge in [-0.1, -0.05) is 0 Å². The minimum absolute atomic E-state index is 0.0313. The number of hydrogen-bond donors (Lipinski definition) is 2. The Morgan fingerprint density at radius 3 is 3.06 bits per heavy atom. The summed E-state index contributed by atoms with van der Waals surface area (Å²) in [6, 6.07) is 3.45. The molecule has 0 bridgehead atoms. The van der Waals surface area contributed by atoms with E-state index in [9.17, 15) is 4.79 Å². The maximum atomic E-state index is 12.0. The molecule has 0 aliphatic heterocycles. The molecule has 2 aromatic rings. The van der Waals surface area contributed by atoms with Crippen molar-refractivity contribution in [3.8, 4) is 0 Å². The fourth-order valence-corrected chi connectivity index (χ4v) is 1.66. The Morgan fingerprint density at radius 1 is 1.62 bits per heavy atom. The number of carbonyl (C=O) groups is 1. The molecule has 0 saturated heterocycles. The lowest BCUT2D eigenvalue weighted by molar-refractivity contribution is 0.0727. The number of nitrogens with zero attached hydrogens (tertiary/aromatic N) is 1. The quantitative estimate of drug-likeness (QED) is 0.817. The van der Waals surface area contributed by atoms with Crippen LogP contribution in [0.15, 0.2) is 22.8 Å². The first-order valence-corrected chi connectivity index (χ1v) is 5.22. The standard InChI is InChI=1S/C11H14N2O3/c1-2-13(4-5-14)11(15)9-7-10-8(12-9)3-6-16-10/h3,6-7,12,14H,2,4-5H2,1H3. The Bertz CT molecular complexity index is 458. The molecule has 2 aromatic heterocycles. The molecule has 2 heterocycles. The number of nitrogens with one attached hydrogen (secondary N) is 1. The Hall–Kier alpha value is -1.75. The van der Waals surface area contributed by atoms with Gasteiger partial charge in [-0.15, -0.1) is 0 Å². The average Bonchev–Trinajstić information content (AvgIpc) is 2.84. The van der Waals surface area contributed by atoms with E-state index in [1.807, 2.05) is 6.92 Å². The molecule has 0 atom stereocenters. The van der Waals surface area contributed by atoms with Crippen molar-refractivity contribution in [1.29, 1.82) is 0 Å². The lowest BCUT2D eigenvalue weighted by atomic mass is 10.3. The third-order valence-corrected chi connectivity index (χ3v) is 2.51. The van der Waals surface area contributed by atoms with Crippen LogP contribution in [0, 0.1) is 0 Å². The smallest absolute Gasteiger partial charge is 0.270 e. The van der Waals surface area contributed by atoms with E-state index in [1.165, 1.54) is 0 Å². The highest BCUT2D eigenvalue weighted by molar-refractivity contribution is 5.96. The Morgan fingerprint density at radius 2 is 2.44 bits per heavy atom. The van der Waals surface area contributed by atoms with Crippen LogP contribution >= 0.6 is 0 Å². The summed E-state index contributed by atoms with van der Waals surface area (Å²) in [6.45, 7) is 2.76. The van der Waals surface area contributed by atoms with Crippen molar-refractivity contribution in [2.24, 2.45) is 0 Å². The molecular weight excluding hydrogens is 208 g/mol. The highest BCUT2D eigenvalue weighted by Crippen LogP contribution is 2.17. The van der Waals surface area contributed by atoms with Crippen LogP contribution in [0.5, 0.6) is 0 Å². The lowest BCUT2D eigenvalue weighted by Gasteiger charge is -2.18. The van der Waals surface area contributed by atoms with Crippen LogP contribution in [0.1, 0.15) is 17.4 Å². The van der Waals surface area contributed by atoms with Gasteiger partial charge in [-0.25, -0.2) is 0 Å². The van der Waals surface area contributed by atoms with E-state index in [0.717, 1.165) is 5.52 Å². The Balaban J connectivity index is 2.23. The third-order valence-electron chi connectivity index (χ3n) is 2.51. The molecule has 0 unspecified atom stereocenters. The van der Waals surface area contributed by atoms with Crippen LogP contribution in [0.4, 0.5) is 0 Å². The number of likely N-dealkylation sites (N-methyl/N-ethyl adjacent to an activating group) is 1. The van der Waals surface area contributed by atoms with Gasteiger partial charge in [-0.3, -0.25) is 4.79 Å². The van der Waals surface area contributed by atoms with Crippen molar-refractivity contribution in [3.63, 3.8) is 0 Å². The molecule has 86 valence electrons. The second-order valence-electron chi connectivity index (χ2n) is 3.49. The van der Waals surface area contributed by atoms with E-state index in [-0.39, 0.29) is 12.5 Å². The summed E-state index contributed by atoms with van der Waals surface area (Å²) in [5, 5.41) is 8.84. The Kier molecular flexibility index (Phi) is 2.96. The summed E-state index contributed by atoms with van der Waals surface area (Å²) in [4.78, 5) is 16.5. The van der Waals surface area contributed by atoms with Crippen molar-refractivity contribution < 1.29 is 14.3 Å². The van der Waals surface area contributed by atoms with E-state index in [1.54, 1.807) is 23.3 Å². The van der Waals surface area contributed by atoms with Crippen LogP contribution in [0.2, 0.25) is 0 Å². The third kappa shape index (κ3) is 1.81. The molecule has 0 fully saturated rings. The van der Waals surface area contributed by atoms with Gasteiger partial charge in [0.05, 0.1) is 18.4 Å². The van der Waals surface area contributed by atoms with Crippen molar-refractivity contribution in [2.75, 3.05) is 19.7 Å². The van der Waals surface area contributed by atoms with Crippen LogP contribution in [0.25, 0.3) is 11.1 Å². The van der Waals surface area contributed by atoms with Gasteiger partial charge in [0, 0.05) is 25.2 Å². The minimum Gasteiger partial charge on any atom is -0.463 e. The molecular formula is C11H14N2O3. The molecule has 16 heavy (non-hydrogen) atoms. The molecule has 0 aliphatic rings. The molecule has 2 rings (SSSR count). The molecule has 1 amide bonds. The van der Waals surface area contributed by atoms with Gasteiger partial charge in [0.2, 0.25) is 0 Å². The Labute approximate surface area is 92.7 Å². The topological polar surface area (TPSA) is 69.5 Å². The normalized spacial score (nSPS) is 10.9. The molecule has 0 aromatic carbocycles. The van der Waals surface area contributed by atoms with Crippen molar-refractivity contribution in [3.05, 3.63) is 24.1 Å². The number of aromatic amines is 1. The van der Waals surface area contributed by atoms with Gasteiger partial charge in [-0.05, 0) is 6.92 Å². The molecule has 5 nitrogen and oxygen atoms in total. The molecule has 0 aliphatic carbocycles. The second kappa shape index (κ2) is 4.40. The van der Waals surface area contributed by atoms with E-state index in [4.69, 9.17) is 9.52 Å². The number of fused-ring (bicyclic) bond motifs is 1. The minimum atomic E-state index is -0.122. The first kappa shape index (κ1) is 10.8. The first-order valence-electron chi connectivity index (χ1n) is 5.22. The number of aliphatic hydroxyl groups excluding tert-OH is 1. The highest BCUT2D eigenvalue weighted by atomic mass is 16.3. The zero-order valence-electron chi connectivity index (χ0n) is 9.06. The number of hydrogen-bond acceptors (Lipinski definition) is 3. The van der Waals surface area contributed by atoms with Gasteiger partial charge < -0.3 is 19.4 Å². The maximum absolute atomic E-state index is 12.0. The number of rotatable bonds is 4. The first-order chi connectivity index (χ1) is 7.76. The number of H-pyrrole nitrogens is 1. The monoisotopic (exact) mass is 222 g/mol. The number of aromatic nitrogens is 1. The molecule has 0 saturated carbocycles. The molecule has 0 spiro atoms. The summed E-state index contributed by atoms with van der Waals surface area (Å²) in [5.74, 6) is -0.122. The summed E-state index contributed by atoms with van der Waals surface area (Å²) in [5.41, 5.74) is 1.97. The summed E-state index contributed by atoms with van der Waals surface area (Å²) in [7, 11) is 0. The van der Waals surface area contributed by atoms with Gasteiger partial charge in [0.1, 0.15) is 5.69 Å². The second-order valence-corrected chi connectivity index (χ2v) is 3.49. The van der Waals surface area contributed by atoms with Crippen LogP contribution in [-0.4, -0.2) is 40.6 Å². The number of carbonyl (C=O) groups excluding carboxylic acids is 1.